The molecule has 0 fully saturated rings. The Morgan fingerprint density at radius 2 is 2.09 bits per heavy atom. The van der Waals surface area contributed by atoms with Crippen molar-refractivity contribution in [3.8, 4) is 0 Å². The number of hydrogen-bond acceptors (Lipinski definition) is 3. The van der Waals surface area contributed by atoms with Crippen molar-refractivity contribution in [3.05, 3.63) is 0 Å². The molecule has 0 saturated heterocycles. The Hall–Kier alpha value is -0.393. The minimum Gasteiger partial charge on any atom is -0.410 e. The standard InChI is InChI=1S/C6H15NO3Si/c1-4-6(8)7-5(2)11(3,9)10/h5,9-10H,4H2,1-3H3,(H,7,8). The molecular weight excluding hydrogens is 162 g/mol. The van der Waals surface area contributed by atoms with Crippen molar-refractivity contribution < 1.29 is 14.4 Å². The summed E-state index contributed by atoms with van der Waals surface area (Å²) in [6.07, 6.45) is 0.370. The fraction of sp³-hybridized carbons (Fsp3) is 0.833. The van der Waals surface area contributed by atoms with Crippen LogP contribution >= 0.6 is 0 Å². The van der Waals surface area contributed by atoms with Crippen molar-refractivity contribution in [1.29, 1.82) is 0 Å². The minimum atomic E-state index is -3.17. The minimum absolute atomic E-state index is 0.153. The Kier molecular flexibility index (Phi) is 3.71. The average Bonchev–Trinajstić information content (AvgIpc) is 1.85. The van der Waals surface area contributed by atoms with Crippen LogP contribution in [-0.4, -0.2) is 29.7 Å². The van der Waals surface area contributed by atoms with Gasteiger partial charge in [-0.2, -0.15) is 0 Å². The molecule has 66 valence electrons. The van der Waals surface area contributed by atoms with Gasteiger partial charge in [-0.25, -0.2) is 0 Å². The van der Waals surface area contributed by atoms with Gasteiger partial charge in [0.1, 0.15) is 0 Å². The van der Waals surface area contributed by atoms with Crippen molar-refractivity contribution in [2.45, 2.75) is 32.5 Å². The second kappa shape index (κ2) is 3.84. The van der Waals surface area contributed by atoms with Crippen LogP contribution in [0.3, 0.4) is 0 Å². The van der Waals surface area contributed by atoms with Gasteiger partial charge >= 0.3 is 8.56 Å². The zero-order chi connectivity index (χ0) is 9.07. The molecular formula is C6H15NO3Si. The van der Waals surface area contributed by atoms with E-state index in [2.05, 4.69) is 5.32 Å². The first-order chi connectivity index (χ1) is 4.88. The van der Waals surface area contributed by atoms with Crippen LogP contribution in [0.25, 0.3) is 0 Å². The molecule has 0 rings (SSSR count). The highest BCUT2D eigenvalue weighted by Gasteiger charge is 2.31. The molecule has 0 heterocycles. The van der Waals surface area contributed by atoms with Gasteiger partial charge in [0.25, 0.3) is 0 Å². The van der Waals surface area contributed by atoms with E-state index in [1.54, 1.807) is 13.8 Å². The molecule has 0 aromatic rings. The molecule has 0 aliphatic carbocycles. The van der Waals surface area contributed by atoms with Crippen molar-refractivity contribution in [2.75, 3.05) is 0 Å². The van der Waals surface area contributed by atoms with Crippen LogP contribution < -0.4 is 5.32 Å². The number of carbonyl (C=O) groups excluding carboxylic acids is 1. The van der Waals surface area contributed by atoms with Gasteiger partial charge in [0.05, 0.1) is 5.67 Å². The normalized spacial score (nSPS) is 14.3. The molecule has 1 unspecified atom stereocenters. The van der Waals surface area contributed by atoms with Crippen LogP contribution in [0.1, 0.15) is 20.3 Å². The maximum absolute atomic E-state index is 10.8. The highest BCUT2D eigenvalue weighted by molar-refractivity contribution is 6.65. The fourth-order valence-corrected chi connectivity index (χ4v) is 0.915. The predicted octanol–water partition coefficient (Wildman–Crippen LogP) is -0.503. The highest BCUT2D eigenvalue weighted by Crippen LogP contribution is 1.98. The molecule has 11 heavy (non-hydrogen) atoms. The Balaban J connectivity index is 3.87. The van der Waals surface area contributed by atoms with Gasteiger partial charge in [0, 0.05) is 6.42 Å². The molecule has 0 aromatic carbocycles. The maximum Gasteiger partial charge on any atom is 0.352 e. The van der Waals surface area contributed by atoms with Crippen LogP contribution in [-0.2, 0) is 4.79 Å². The van der Waals surface area contributed by atoms with Gasteiger partial charge in [-0.3, -0.25) is 4.79 Å². The van der Waals surface area contributed by atoms with Gasteiger partial charge in [-0.05, 0) is 13.5 Å². The number of hydrogen-bond donors (Lipinski definition) is 3. The molecule has 1 amide bonds. The number of carbonyl (C=O) groups is 1. The topological polar surface area (TPSA) is 69.6 Å². The summed E-state index contributed by atoms with van der Waals surface area (Å²) in [4.78, 5) is 29.0. The summed E-state index contributed by atoms with van der Waals surface area (Å²) in [5.74, 6) is -0.153. The highest BCUT2D eigenvalue weighted by atomic mass is 28.4. The second-order valence-electron chi connectivity index (χ2n) is 2.74. The first kappa shape index (κ1) is 10.6. The van der Waals surface area contributed by atoms with Crippen molar-refractivity contribution in [2.24, 2.45) is 0 Å². The Bertz CT molecular complexity index is 143. The first-order valence-electron chi connectivity index (χ1n) is 3.62. The lowest BCUT2D eigenvalue weighted by atomic mass is 10.4. The summed E-state index contributed by atoms with van der Waals surface area (Å²) >= 11 is 0. The monoisotopic (exact) mass is 177 g/mol. The molecule has 0 spiro atoms. The van der Waals surface area contributed by atoms with Crippen molar-refractivity contribution in [1.82, 2.24) is 5.32 Å². The van der Waals surface area contributed by atoms with Gasteiger partial charge < -0.3 is 14.9 Å². The molecule has 3 N–H and O–H groups in total. The fourth-order valence-electron chi connectivity index (χ4n) is 0.480. The van der Waals surface area contributed by atoms with Crippen LogP contribution in [0.15, 0.2) is 0 Å². The summed E-state index contributed by atoms with van der Waals surface area (Å²) in [6, 6.07) is 0. The Morgan fingerprint density at radius 3 is 2.36 bits per heavy atom. The smallest absolute Gasteiger partial charge is 0.352 e. The number of nitrogens with one attached hydrogen (secondary N) is 1. The lowest BCUT2D eigenvalue weighted by Crippen LogP contribution is -2.53. The molecule has 0 radical (unpaired) electrons. The second-order valence-corrected chi connectivity index (χ2v) is 5.79. The summed E-state index contributed by atoms with van der Waals surface area (Å²) in [6.45, 7) is 4.68. The third-order valence-corrected chi connectivity index (χ3v) is 3.30. The summed E-state index contributed by atoms with van der Waals surface area (Å²) in [7, 11) is -3.17. The average molecular weight is 177 g/mol. The molecule has 0 aromatic heterocycles. The molecule has 0 aliphatic rings. The van der Waals surface area contributed by atoms with Crippen LogP contribution in [0.4, 0.5) is 0 Å². The predicted molar refractivity (Wildman–Crippen MR) is 44.0 cm³/mol. The maximum atomic E-state index is 10.8. The molecule has 0 aliphatic heterocycles. The van der Waals surface area contributed by atoms with Gasteiger partial charge in [0.15, 0.2) is 0 Å². The molecule has 1 atom stereocenters. The molecule has 5 heteroatoms. The van der Waals surface area contributed by atoms with Gasteiger partial charge in [0.2, 0.25) is 5.91 Å². The van der Waals surface area contributed by atoms with Crippen molar-refractivity contribution in [3.63, 3.8) is 0 Å². The zero-order valence-corrected chi connectivity index (χ0v) is 8.09. The van der Waals surface area contributed by atoms with E-state index in [-0.39, 0.29) is 5.91 Å². The van der Waals surface area contributed by atoms with Crippen LogP contribution in [0.2, 0.25) is 6.55 Å². The van der Waals surface area contributed by atoms with E-state index in [1.807, 2.05) is 0 Å². The van der Waals surface area contributed by atoms with E-state index >= 15 is 0 Å². The zero-order valence-electron chi connectivity index (χ0n) is 7.09. The van der Waals surface area contributed by atoms with E-state index in [1.165, 1.54) is 6.55 Å². The van der Waals surface area contributed by atoms with E-state index in [4.69, 9.17) is 9.59 Å². The van der Waals surface area contributed by atoms with Crippen molar-refractivity contribution >= 4 is 14.5 Å². The SMILES string of the molecule is CCC(=O)NC(C)[Si](C)(O)O. The number of rotatable bonds is 3. The molecule has 4 nitrogen and oxygen atoms in total. The van der Waals surface area contributed by atoms with E-state index in [9.17, 15) is 4.79 Å². The largest absolute Gasteiger partial charge is 0.410 e. The molecule has 0 saturated carbocycles. The van der Waals surface area contributed by atoms with Gasteiger partial charge in [-0.15, -0.1) is 0 Å². The van der Waals surface area contributed by atoms with Crippen LogP contribution in [0, 0.1) is 0 Å². The third kappa shape index (κ3) is 4.13. The summed E-state index contributed by atoms with van der Waals surface area (Å²) in [5, 5.41) is 2.49. The summed E-state index contributed by atoms with van der Waals surface area (Å²) in [5.41, 5.74) is -0.505. The van der Waals surface area contributed by atoms with E-state index < -0.39 is 14.2 Å². The Morgan fingerprint density at radius 1 is 1.64 bits per heavy atom. The number of amides is 1. The van der Waals surface area contributed by atoms with E-state index in [0.29, 0.717) is 6.42 Å². The summed E-state index contributed by atoms with van der Waals surface area (Å²) < 4.78 is 0. The molecule has 0 bridgehead atoms. The first-order valence-corrected chi connectivity index (χ1v) is 6.09. The lowest BCUT2D eigenvalue weighted by molar-refractivity contribution is -0.121. The lowest BCUT2D eigenvalue weighted by Gasteiger charge is -2.21. The Labute approximate surface area is 67.5 Å². The quantitative estimate of drug-likeness (QED) is 0.509. The van der Waals surface area contributed by atoms with E-state index in [0.717, 1.165) is 0 Å². The van der Waals surface area contributed by atoms with Crippen LogP contribution in [0.5, 0.6) is 0 Å². The van der Waals surface area contributed by atoms with Gasteiger partial charge in [-0.1, -0.05) is 6.92 Å². The third-order valence-electron chi connectivity index (χ3n) is 1.52.